The topological polar surface area (TPSA) is 54.4 Å². The summed E-state index contributed by atoms with van der Waals surface area (Å²) in [6.07, 6.45) is 0. The minimum absolute atomic E-state index is 1.04. The lowest BCUT2D eigenvalue weighted by atomic mass is 10.0. The molecular weight excluding hydrogens is 413 g/mol. The Morgan fingerprint density at radius 1 is 0.920 bits per heavy atom. The average molecular weight is 425 g/mol. The van der Waals surface area contributed by atoms with Gasteiger partial charge in [0.15, 0.2) is 0 Å². The van der Waals surface area contributed by atoms with Crippen molar-refractivity contribution in [3.8, 4) is 20.9 Å². The maximum atomic E-state index is 10.7. The van der Waals surface area contributed by atoms with Gasteiger partial charge in [-0.2, -0.15) is 21.6 Å². The molecule has 0 saturated carbocycles. The lowest BCUT2D eigenvalue weighted by Gasteiger charge is -2.09. The lowest BCUT2D eigenvalue weighted by Crippen LogP contribution is -2.21. The molecule has 2 heterocycles. The summed E-state index contributed by atoms with van der Waals surface area (Å²) in [5.74, 6) is 0. The molecule has 0 fully saturated rings. The van der Waals surface area contributed by atoms with Crippen LogP contribution in [0, 0.1) is 0 Å². The van der Waals surface area contributed by atoms with Gasteiger partial charge in [0.05, 0.1) is 0 Å². The molecule has 25 heavy (non-hydrogen) atoms. The van der Waals surface area contributed by atoms with Crippen molar-refractivity contribution in [2.24, 2.45) is 0 Å². The first kappa shape index (κ1) is 20.0. The zero-order chi connectivity index (χ0) is 18.7. The molecule has 0 aliphatic rings. The van der Waals surface area contributed by atoms with Gasteiger partial charge in [-0.25, -0.2) is 0 Å². The van der Waals surface area contributed by atoms with Gasteiger partial charge in [0.1, 0.15) is 0 Å². The second kappa shape index (κ2) is 7.92. The molecule has 0 atom stereocenters. The molecule has 0 amide bonds. The molecule has 0 aliphatic heterocycles. The van der Waals surface area contributed by atoms with Crippen molar-refractivity contribution in [3.05, 3.63) is 53.2 Å². The van der Waals surface area contributed by atoms with E-state index in [1.165, 1.54) is 20.9 Å². The number of thiophene rings is 2. The van der Waals surface area contributed by atoms with Crippen molar-refractivity contribution in [1.82, 2.24) is 0 Å². The Hall–Kier alpha value is -1.33. The lowest BCUT2D eigenvalue weighted by molar-refractivity contribution is -0.0510. The predicted molar refractivity (Wildman–Crippen MR) is 97.9 cm³/mol. The molecule has 0 radical (unpaired) electrons. The summed E-state index contributed by atoms with van der Waals surface area (Å²) in [7, 11) is -5.84. The smallest absolute Gasteiger partial charge is 0.279 e. The van der Waals surface area contributed by atoms with Crippen LogP contribution in [-0.4, -0.2) is 18.5 Å². The molecule has 3 nitrogen and oxygen atoms in total. The van der Waals surface area contributed by atoms with E-state index in [9.17, 15) is 13.2 Å². The Bertz CT molecular complexity index is 916. The van der Waals surface area contributed by atoms with Crippen LogP contribution in [0.3, 0.4) is 0 Å². The fourth-order valence-electron chi connectivity index (χ4n) is 1.86. The first-order valence-corrected chi connectivity index (χ1v) is 10.2. The highest BCUT2D eigenvalue weighted by Gasteiger charge is 2.44. The van der Waals surface area contributed by atoms with Crippen molar-refractivity contribution in [2.75, 3.05) is 0 Å². The number of thiol groups is 1. The third-order valence-electron chi connectivity index (χ3n) is 2.89. The maximum Gasteiger partial charge on any atom is 0.522 e. The number of hydrogen-bond donors (Lipinski definition) is 2. The Kier molecular flexibility index (Phi) is 6.33. The first-order valence-electron chi connectivity index (χ1n) is 6.54. The average Bonchev–Trinajstić information content (AvgIpc) is 3.19. The largest absolute Gasteiger partial charge is 0.522 e. The summed E-state index contributed by atoms with van der Waals surface area (Å²) in [6.45, 7) is 0. The van der Waals surface area contributed by atoms with E-state index in [1.807, 2.05) is 0 Å². The maximum absolute atomic E-state index is 10.7. The van der Waals surface area contributed by atoms with Crippen LogP contribution in [0.5, 0.6) is 0 Å². The van der Waals surface area contributed by atoms with Crippen molar-refractivity contribution >= 4 is 45.4 Å². The molecule has 2 aromatic heterocycles. The molecule has 1 aromatic carbocycles. The summed E-state index contributed by atoms with van der Waals surface area (Å²) >= 11 is 8.12. The van der Waals surface area contributed by atoms with Crippen LogP contribution in [0.15, 0.2) is 58.1 Å². The van der Waals surface area contributed by atoms with Crippen molar-refractivity contribution in [3.63, 3.8) is 0 Å². The van der Waals surface area contributed by atoms with Gasteiger partial charge < -0.3 is 0 Å². The zero-order valence-electron chi connectivity index (χ0n) is 12.3. The van der Waals surface area contributed by atoms with Crippen molar-refractivity contribution in [1.29, 1.82) is 0 Å². The summed E-state index contributed by atoms with van der Waals surface area (Å²) < 4.78 is 57.5. The van der Waals surface area contributed by atoms with Gasteiger partial charge in [-0.05, 0) is 29.0 Å². The van der Waals surface area contributed by atoms with Gasteiger partial charge in [-0.3, -0.25) is 4.55 Å². The summed E-state index contributed by atoms with van der Waals surface area (Å²) in [4.78, 5) is 3.61. The van der Waals surface area contributed by atoms with Gasteiger partial charge in [0, 0.05) is 25.8 Å². The summed E-state index contributed by atoms with van der Waals surface area (Å²) in [6, 6.07) is 14.8. The molecule has 0 aliphatic carbocycles. The normalized spacial score (nSPS) is 11.7. The quantitative estimate of drug-likeness (QED) is 0.309. The highest BCUT2D eigenvalue weighted by Crippen LogP contribution is 2.40. The molecule has 0 spiro atoms. The van der Waals surface area contributed by atoms with E-state index in [2.05, 4.69) is 65.9 Å². The fourth-order valence-corrected chi connectivity index (χ4v) is 3.82. The SMILES string of the molecule is O=S(=O)(O)C(F)(F)F.Sc1cccc(-c2cccs2)c1-c1cccs1. The van der Waals surface area contributed by atoms with Crippen LogP contribution in [0.4, 0.5) is 13.2 Å². The van der Waals surface area contributed by atoms with E-state index in [4.69, 9.17) is 13.0 Å². The molecule has 0 saturated heterocycles. The molecular formula is C15H11F3O3S4. The van der Waals surface area contributed by atoms with Gasteiger partial charge in [0.25, 0.3) is 0 Å². The van der Waals surface area contributed by atoms with E-state index in [-0.39, 0.29) is 0 Å². The molecule has 0 bridgehead atoms. The zero-order valence-corrected chi connectivity index (χ0v) is 15.6. The van der Waals surface area contributed by atoms with E-state index >= 15 is 0 Å². The van der Waals surface area contributed by atoms with Crippen LogP contribution in [0.25, 0.3) is 20.9 Å². The number of benzene rings is 1. The summed E-state index contributed by atoms with van der Waals surface area (Å²) in [5.41, 5.74) is -3.02. The van der Waals surface area contributed by atoms with E-state index in [0.29, 0.717) is 0 Å². The van der Waals surface area contributed by atoms with Crippen molar-refractivity contribution in [2.45, 2.75) is 10.4 Å². The molecule has 134 valence electrons. The molecule has 3 rings (SSSR count). The van der Waals surface area contributed by atoms with Crippen LogP contribution >= 0.6 is 35.3 Å². The van der Waals surface area contributed by atoms with Crippen LogP contribution < -0.4 is 0 Å². The van der Waals surface area contributed by atoms with Gasteiger partial charge in [0.2, 0.25) is 0 Å². The van der Waals surface area contributed by atoms with Crippen molar-refractivity contribution < 1.29 is 26.1 Å². The van der Waals surface area contributed by atoms with Gasteiger partial charge >= 0.3 is 15.6 Å². The second-order valence-electron chi connectivity index (χ2n) is 4.58. The molecule has 1 N–H and O–H groups in total. The minimum atomic E-state index is -5.84. The van der Waals surface area contributed by atoms with E-state index in [0.717, 1.165) is 4.90 Å². The molecule has 0 unspecified atom stereocenters. The van der Waals surface area contributed by atoms with Gasteiger partial charge in [-0.1, -0.05) is 24.3 Å². The minimum Gasteiger partial charge on any atom is -0.279 e. The Morgan fingerprint density at radius 3 is 1.88 bits per heavy atom. The van der Waals surface area contributed by atoms with E-state index in [1.54, 1.807) is 22.7 Å². The molecule has 3 aromatic rings. The Morgan fingerprint density at radius 2 is 1.44 bits per heavy atom. The number of rotatable bonds is 2. The second-order valence-corrected chi connectivity index (χ2v) is 8.37. The number of halogens is 3. The standard InChI is InChI=1S/C14H10S3.CHF3O3S/c15-11-5-1-4-10(12-6-2-8-16-12)14(11)13-7-3-9-17-13;2-1(3,4)8(5,6)7/h1-9,15H;(H,5,6,7). The van der Waals surface area contributed by atoms with E-state index < -0.39 is 15.6 Å². The molecule has 10 heteroatoms. The van der Waals surface area contributed by atoms with Gasteiger partial charge in [-0.15, -0.1) is 35.3 Å². The third kappa shape index (κ3) is 5.08. The highest BCUT2D eigenvalue weighted by atomic mass is 32.2. The fraction of sp³-hybridized carbons (Fsp3) is 0.0667. The highest BCUT2D eigenvalue weighted by molar-refractivity contribution is 7.86. The first-order chi connectivity index (χ1) is 11.6. The third-order valence-corrected chi connectivity index (χ3v) is 5.64. The Balaban J connectivity index is 0.000000242. The summed E-state index contributed by atoms with van der Waals surface area (Å²) in [5, 5.41) is 4.21. The number of hydrogen-bond acceptors (Lipinski definition) is 5. The number of alkyl halides is 3. The Labute approximate surface area is 155 Å². The van der Waals surface area contributed by atoms with Crippen LogP contribution in [-0.2, 0) is 10.1 Å². The monoisotopic (exact) mass is 424 g/mol. The van der Waals surface area contributed by atoms with Crippen LogP contribution in [0.1, 0.15) is 0 Å². The van der Waals surface area contributed by atoms with Crippen LogP contribution in [0.2, 0.25) is 0 Å². The predicted octanol–water partition coefficient (Wildman–Crippen LogP) is 5.83.